The molecule has 4 rings (SSSR count). The molecule has 0 bridgehead atoms. The first-order valence-electron chi connectivity index (χ1n) is 8.27. The number of rotatable bonds is 5. The molecule has 2 heterocycles. The van der Waals surface area contributed by atoms with Gasteiger partial charge in [-0.05, 0) is 36.9 Å². The third-order valence-corrected chi connectivity index (χ3v) is 4.58. The molecule has 1 aromatic heterocycles. The number of fused-ring (bicyclic) bond motifs is 2. The van der Waals surface area contributed by atoms with Crippen molar-refractivity contribution in [1.29, 1.82) is 0 Å². The van der Waals surface area contributed by atoms with Gasteiger partial charge in [0, 0.05) is 6.54 Å². The fraction of sp³-hybridized carbons (Fsp3) is 0.278. The Morgan fingerprint density at radius 2 is 2.04 bits per heavy atom. The Balaban J connectivity index is 1.38. The third kappa shape index (κ3) is 3.61. The zero-order valence-electron chi connectivity index (χ0n) is 14.3. The number of benzene rings is 2. The third-order valence-electron chi connectivity index (χ3n) is 4.03. The molecule has 26 heavy (non-hydrogen) atoms. The summed E-state index contributed by atoms with van der Waals surface area (Å²) in [6, 6.07) is 11.4. The monoisotopic (exact) mass is 370 g/mol. The first-order chi connectivity index (χ1) is 12.7. The van der Waals surface area contributed by atoms with Crippen molar-refractivity contribution in [1.82, 2.24) is 13.6 Å². The van der Waals surface area contributed by atoms with Crippen LogP contribution in [0.2, 0.25) is 0 Å². The van der Waals surface area contributed by atoms with E-state index in [4.69, 9.17) is 9.47 Å². The first-order valence-corrected chi connectivity index (χ1v) is 9.00. The van der Waals surface area contributed by atoms with Crippen molar-refractivity contribution in [3.05, 3.63) is 42.0 Å². The largest absolute Gasteiger partial charge is 0.486 e. The lowest BCUT2D eigenvalue weighted by atomic mass is 10.2. The Labute approximate surface area is 154 Å². The molecule has 1 aliphatic heterocycles. The van der Waals surface area contributed by atoms with E-state index in [1.807, 2.05) is 48.3 Å². The van der Waals surface area contributed by atoms with Crippen LogP contribution < -0.4 is 14.8 Å². The molecule has 8 heteroatoms. The molecule has 1 N–H and O–H groups in total. The summed E-state index contributed by atoms with van der Waals surface area (Å²) in [7, 11) is 1.90. The van der Waals surface area contributed by atoms with Crippen molar-refractivity contribution >= 4 is 34.4 Å². The topological polar surface area (TPSA) is 76.6 Å². The minimum Gasteiger partial charge on any atom is -0.486 e. The highest BCUT2D eigenvalue weighted by atomic mass is 32.1. The SMILES string of the molecule is CN(CC(=O)Nc1cccc2nsnc12)Cc1ccc2c(c1)OCCO2. The average Bonchev–Trinajstić information content (AvgIpc) is 3.11. The number of anilines is 1. The summed E-state index contributed by atoms with van der Waals surface area (Å²) >= 11 is 1.14. The minimum absolute atomic E-state index is 0.0921. The van der Waals surface area contributed by atoms with Gasteiger partial charge in [0.25, 0.3) is 0 Å². The van der Waals surface area contributed by atoms with E-state index in [1.165, 1.54) is 0 Å². The maximum Gasteiger partial charge on any atom is 0.238 e. The number of hydrogen-bond donors (Lipinski definition) is 1. The lowest BCUT2D eigenvalue weighted by Crippen LogP contribution is -2.30. The van der Waals surface area contributed by atoms with Crippen LogP contribution in [0.3, 0.4) is 0 Å². The molecule has 0 spiro atoms. The molecule has 0 fully saturated rings. The van der Waals surface area contributed by atoms with Crippen molar-refractivity contribution in [2.45, 2.75) is 6.54 Å². The van der Waals surface area contributed by atoms with Crippen LogP contribution in [0.25, 0.3) is 11.0 Å². The van der Waals surface area contributed by atoms with Gasteiger partial charge in [-0.15, -0.1) is 0 Å². The number of nitrogens with one attached hydrogen (secondary N) is 1. The van der Waals surface area contributed by atoms with E-state index in [0.29, 0.717) is 25.4 Å². The molecule has 0 saturated heterocycles. The summed E-state index contributed by atoms with van der Waals surface area (Å²) in [5, 5.41) is 2.92. The Hall–Kier alpha value is -2.71. The van der Waals surface area contributed by atoms with Crippen LogP contribution in [-0.2, 0) is 11.3 Å². The van der Waals surface area contributed by atoms with Crippen molar-refractivity contribution in [3.63, 3.8) is 0 Å². The van der Waals surface area contributed by atoms with Gasteiger partial charge in [-0.3, -0.25) is 9.69 Å². The maximum absolute atomic E-state index is 12.4. The van der Waals surface area contributed by atoms with E-state index in [0.717, 1.165) is 39.8 Å². The number of likely N-dealkylation sites (N-methyl/N-ethyl adjacent to an activating group) is 1. The number of aromatic nitrogens is 2. The summed E-state index contributed by atoms with van der Waals surface area (Å²) in [6.07, 6.45) is 0. The van der Waals surface area contributed by atoms with E-state index >= 15 is 0 Å². The van der Waals surface area contributed by atoms with Gasteiger partial charge >= 0.3 is 0 Å². The lowest BCUT2D eigenvalue weighted by Gasteiger charge is -2.21. The van der Waals surface area contributed by atoms with E-state index in [2.05, 4.69) is 14.1 Å². The predicted octanol–water partition coefficient (Wildman–Crippen LogP) is 2.53. The zero-order chi connectivity index (χ0) is 17.9. The highest BCUT2D eigenvalue weighted by molar-refractivity contribution is 7.00. The molecule has 0 radical (unpaired) electrons. The van der Waals surface area contributed by atoms with Crippen LogP contribution in [0, 0.1) is 0 Å². The van der Waals surface area contributed by atoms with Crippen LogP contribution in [0.5, 0.6) is 11.5 Å². The van der Waals surface area contributed by atoms with Gasteiger partial charge in [-0.25, -0.2) is 0 Å². The maximum atomic E-state index is 12.4. The molecule has 3 aromatic rings. The van der Waals surface area contributed by atoms with Crippen LogP contribution in [-0.4, -0.2) is 46.4 Å². The molecule has 1 amide bonds. The summed E-state index contributed by atoms with van der Waals surface area (Å²) < 4.78 is 19.6. The molecule has 0 aliphatic carbocycles. The Morgan fingerprint density at radius 1 is 1.19 bits per heavy atom. The molecule has 0 atom stereocenters. The lowest BCUT2D eigenvalue weighted by molar-refractivity contribution is -0.117. The van der Waals surface area contributed by atoms with Gasteiger partial charge in [-0.1, -0.05) is 12.1 Å². The first kappa shape index (κ1) is 16.7. The minimum atomic E-state index is -0.0921. The normalized spacial score (nSPS) is 13.2. The smallest absolute Gasteiger partial charge is 0.238 e. The van der Waals surface area contributed by atoms with Crippen LogP contribution in [0.1, 0.15) is 5.56 Å². The predicted molar refractivity (Wildman–Crippen MR) is 99.8 cm³/mol. The van der Waals surface area contributed by atoms with E-state index in [1.54, 1.807) is 0 Å². The number of carbonyl (C=O) groups excluding carboxylic acids is 1. The van der Waals surface area contributed by atoms with Crippen LogP contribution in [0.15, 0.2) is 36.4 Å². The molecule has 2 aromatic carbocycles. The quantitative estimate of drug-likeness (QED) is 0.744. The van der Waals surface area contributed by atoms with Crippen LogP contribution >= 0.6 is 11.7 Å². The Bertz CT molecular complexity index is 943. The Morgan fingerprint density at radius 3 is 2.92 bits per heavy atom. The van der Waals surface area contributed by atoms with Gasteiger partial charge in [-0.2, -0.15) is 8.75 Å². The number of nitrogens with zero attached hydrogens (tertiary/aromatic N) is 3. The molecule has 1 aliphatic rings. The summed E-state index contributed by atoms with van der Waals surface area (Å²) in [5.41, 5.74) is 3.27. The second-order valence-electron chi connectivity index (χ2n) is 6.14. The van der Waals surface area contributed by atoms with Gasteiger partial charge in [0.1, 0.15) is 24.2 Å². The molecular weight excluding hydrogens is 352 g/mol. The molecule has 134 valence electrons. The highest BCUT2D eigenvalue weighted by Gasteiger charge is 2.14. The van der Waals surface area contributed by atoms with Gasteiger partial charge < -0.3 is 14.8 Å². The van der Waals surface area contributed by atoms with E-state index in [9.17, 15) is 4.79 Å². The standard InChI is InChI=1S/C18H18N4O3S/c1-22(10-12-5-6-15-16(9-12)25-8-7-24-15)11-17(23)19-13-3-2-4-14-18(13)21-26-20-14/h2-6,9H,7-8,10-11H2,1H3,(H,19,23). The van der Waals surface area contributed by atoms with Crippen molar-refractivity contribution in [2.75, 3.05) is 32.1 Å². The number of amides is 1. The highest BCUT2D eigenvalue weighted by Crippen LogP contribution is 2.31. The average molecular weight is 370 g/mol. The summed E-state index contributed by atoms with van der Waals surface area (Å²) in [4.78, 5) is 14.3. The fourth-order valence-corrected chi connectivity index (χ4v) is 3.45. The Kier molecular flexibility index (Phi) is 4.68. The second kappa shape index (κ2) is 7.27. The van der Waals surface area contributed by atoms with Gasteiger partial charge in [0.15, 0.2) is 11.5 Å². The number of carbonyl (C=O) groups is 1. The van der Waals surface area contributed by atoms with Crippen molar-refractivity contribution < 1.29 is 14.3 Å². The van der Waals surface area contributed by atoms with E-state index in [-0.39, 0.29) is 12.5 Å². The van der Waals surface area contributed by atoms with Crippen molar-refractivity contribution in [3.8, 4) is 11.5 Å². The number of hydrogen-bond acceptors (Lipinski definition) is 7. The molecule has 7 nitrogen and oxygen atoms in total. The molecule has 0 saturated carbocycles. The second-order valence-corrected chi connectivity index (χ2v) is 6.66. The summed E-state index contributed by atoms with van der Waals surface area (Å²) in [5.74, 6) is 1.44. The summed E-state index contributed by atoms with van der Waals surface area (Å²) in [6.45, 7) is 2.04. The molecule has 0 unspecified atom stereocenters. The van der Waals surface area contributed by atoms with Gasteiger partial charge in [0.05, 0.1) is 24.0 Å². The fourth-order valence-electron chi connectivity index (χ4n) is 2.90. The van der Waals surface area contributed by atoms with Crippen LogP contribution in [0.4, 0.5) is 5.69 Å². The van der Waals surface area contributed by atoms with E-state index < -0.39 is 0 Å². The zero-order valence-corrected chi connectivity index (χ0v) is 15.1. The van der Waals surface area contributed by atoms with Gasteiger partial charge in [0.2, 0.25) is 5.91 Å². The number of ether oxygens (including phenoxy) is 2. The van der Waals surface area contributed by atoms with Crippen molar-refractivity contribution in [2.24, 2.45) is 0 Å². The molecular formula is C18H18N4O3S.